The van der Waals surface area contributed by atoms with Gasteiger partial charge in [-0.05, 0) is 41.2 Å². The molecule has 0 aliphatic rings. The molecule has 0 spiro atoms. The van der Waals surface area contributed by atoms with Gasteiger partial charge in [-0.25, -0.2) is 9.97 Å². The lowest BCUT2D eigenvalue weighted by atomic mass is 10.0. The van der Waals surface area contributed by atoms with E-state index < -0.39 is 0 Å². The van der Waals surface area contributed by atoms with E-state index in [1.807, 2.05) is 18.2 Å². The summed E-state index contributed by atoms with van der Waals surface area (Å²) in [5, 5.41) is 5.22. The van der Waals surface area contributed by atoms with Crippen molar-refractivity contribution < 1.29 is 4.52 Å². The van der Waals surface area contributed by atoms with Crippen molar-refractivity contribution in [3.8, 4) is 11.3 Å². The van der Waals surface area contributed by atoms with Crippen LogP contribution in [0.5, 0.6) is 0 Å². The van der Waals surface area contributed by atoms with Crippen molar-refractivity contribution in [3.05, 3.63) is 76.8 Å². The second-order valence-electron chi connectivity index (χ2n) is 5.95. The van der Waals surface area contributed by atoms with E-state index in [4.69, 9.17) is 10.3 Å². The van der Waals surface area contributed by atoms with Crippen LogP contribution >= 0.6 is 11.5 Å². The second-order valence-corrected chi connectivity index (χ2v) is 6.81. The molecule has 6 nitrogen and oxygen atoms in total. The molecule has 0 unspecified atom stereocenters. The van der Waals surface area contributed by atoms with Crippen LogP contribution in [0.25, 0.3) is 11.3 Å². The molecule has 0 fully saturated rings. The van der Waals surface area contributed by atoms with Crippen molar-refractivity contribution in [2.75, 3.05) is 5.73 Å². The number of nitrogens with two attached hydrogens (primary N) is 1. The molecule has 2 N–H and O–H groups in total. The first-order valence-electron chi connectivity index (χ1n) is 8.28. The quantitative estimate of drug-likeness (QED) is 0.563. The fourth-order valence-corrected chi connectivity index (χ4v) is 3.24. The minimum Gasteiger partial charge on any atom is -0.383 e. The number of hydrogen-bond donors (Lipinski definition) is 1. The molecule has 1 aromatic carbocycles. The van der Waals surface area contributed by atoms with Gasteiger partial charge >= 0.3 is 0 Å². The highest BCUT2D eigenvalue weighted by atomic mass is 32.1. The molecule has 0 radical (unpaired) electrons. The Balaban J connectivity index is 1.41. The van der Waals surface area contributed by atoms with Gasteiger partial charge in [0.05, 0.1) is 11.3 Å². The molecule has 0 saturated heterocycles. The number of pyridine rings is 1. The third-order valence-electron chi connectivity index (χ3n) is 4.11. The van der Waals surface area contributed by atoms with Crippen LogP contribution in [0.1, 0.15) is 21.8 Å². The van der Waals surface area contributed by atoms with Crippen molar-refractivity contribution in [3.63, 3.8) is 0 Å². The Kier molecular flexibility index (Phi) is 4.70. The zero-order valence-corrected chi connectivity index (χ0v) is 14.8. The molecule has 26 heavy (non-hydrogen) atoms. The van der Waals surface area contributed by atoms with Crippen LogP contribution in [0.3, 0.4) is 0 Å². The smallest absolute Gasteiger partial charge is 0.170 e. The predicted molar refractivity (Wildman–Crippen MR) is 101 cm³/mol. The summed E-state index contributed by atoms with van der Waals surface area (Å²) in [5.74, 6) is 1.08. The van der Waals surface area contributed by atoms with Crippen LogP contribution in [-0.4, -0.2) is 19.5 Å². The van der Waals surface area contributed by atoms with E-state index in [1.54, 1.807) is 12.5 Å². The number of aromatic nitrogens is 4. The van der Waals surface area contributed by atoms with Crippen molar-refractivity contribution in [1.29, 1.82) is 0 Å². The van der Waals surface area contributed by atoms with Crippen molar-refractivity contribution in [2.24, 2.45) is 0 Å². The number of rotatable bonds is 6. The van der Waals surface area contributed by atoms with Gasteiger partial charge in [-0.3, -0.25) is 0 Å². The topological polar surface area (TPSA) is 90.7 Å². The SMILES string of the molecule is Nc1ncccc1-c1cc(Cc2ccc(CCc3ncns3)cc2)no1. The van der Waals surface area contributed by atoms with E-state index in [2.05, 4.69) is 43.8 Å². The highest BCUT2D eigenvalue weighted by Gasteiger charge is 2.10. The maximum atomic E-state index is 5.89. The van der Waals surface area contributed by atoms with E-state index in [0.717, 1.165) is 29.1 Å². The third kappa shape index (κ3) is 3.78. The van der Waals surface area contributed by atoms with Gasteiger partial charge in [0.25, 0.3) is 0 Å². The van der Waals surface area contributed by atoms with Crippen LogP contribution in [-0.2, 0) is 19.3 Å². The number of nitrogens with zero attached hydrogens (tertiary/aromatic N) is 4. The van der Waals surface area contributed by atoms with Gasteiger partial charge in [-0.2, -0.15) is 4.37 Å². The summed E-state index contributed by atoms with van der Waals surface area (Å²) in [4.78, 5) is 8.29. The van der Waals surface area contributed by atoms with Crippen LogP contribution in [0, 0.1) is 0 Å². The zero-order chi connectivity index (χ0) is 17.8. The first-order chi connectivity index (χ1) is 12.8. The lowest BCUT2D eigenvalue weighted by molar-refractivity contribution is 0.425. The second kappa shape index (κ2) is 7.45. The number of hydrogen-bond acceptors (Lipinski definition) is 7. The van der Waals surface area contributed by atoms with E-state index in [9.17, 15) is 0 Å². The molecule has 4 aromatic rings. The van der Waals surface area contributed by atoms with Crippen LogP contribution < -0.4 is 5.73 Å². The Bertz CT molecular complexity index is 979. The molecule has 3 aromatic heterocycles. The fourth-order valence-electron chi connectivity index (χ4n) is 2.74. The summed E-state index contributed by atoms with van der Waals surface area (Å²) in [5.41, 5.74) is 9.99. The first-order valence-corrected chi connectivity index (χ1v) is 9.05. The number of benzene rings is 1. The van der Waals surface area contributed by atoms with E-state index >= 15 is 0 Å². The van der Waals surface area contributed by atoms with E-state index in [-0.39, 0.29) is 0 Å². The van der Waals surface area contributed by atoms with Crippen LogP contribution in [0.4, 0.5) is 5.82 Å². The Morgan fingerprint density at radius 3 is 2.62 bits per heavy atom. The molecule has 0 aliphatic heterocycles. The molecular formula is C19H17N5OS. The lowest BCUT2D eigenvalue weighted by Crippen LogP contribution is -1.93. The molecular weight excluding hydrogens is 346 g/mol. The van der Waals surface area contributed by atoms with Gasteiger partial charge in [0.2, 0.25) is 0 Å². The summed E-state index contributed by atoms with van der Waals surface area (Å²) >= 11 is 1.46. The number of nitrogen functional groups attached to an aromatic ring is 1. The molecule has 0 amide bonds. The van der Waals surface area contributed by atoms with Crippen molar-refractivity contribution >= 4 is 17.4 Å². The Morgan fingerprint density at radius 1 is 1.00 bits per heavy atom. The molecule has 3 heterocycles. The maximum Gasteiger partial charge on any atom is 0.170 e. The summed E-state index contributed by atoms with van der Waals surface area (Å²) < 4.78 is 9.45. The predicted octanol–water partition coefficient (Wildman–Crippen LogP) is 3.55. The Hall–Kier alpha value is -3.06. The highest BCUT2D eigenvalue weighted by Crippen LogP contribution is 2.25. The first kappa shape index (κ1) is 16.4. The van der Waals surface area contributed by atoms with Crippen molar-refractivity contribution in [1.82, 2.24) is 19.5 Å². The molecule has 0 bridgehead atoms. The monoisotopic (exact) mass is 363 g/mol. The summed E-state index contributed by atoms with van der Waals surface area (Å²) in [6, 6.07) is 14.2. The molecule has 0 aliphatic carbocycles. The molecule has 4 rings (SSSR count). The Labute approximate surface area is 154 Å². The average Bonchev–Trinajstić information content (AvgIpc) is 3.34. The average molecular weight is 363 g/mol. The van der Waals surface area contributed by atoms with Crippen LogP contribution in [0.15, 0.2) is 59.5 Å². The molecule has 130 valence electrons. The standard InChI is InChI=1S/C19H17N5OS/c20-19-16(2-1-9-21-19)17-11-15(24-25-17)10-14-5-3-13(4-6-14)7-8-18-22-12-23-26-18/h1-6,9,11-12H,7-8,10H2,(H2,20,21). The van der Waals surface area contributed by atoms with E-state index in [1.165, 1.54) is 22.7 Å². The molecule has 0 atom stereocenters. The molecule has 7 heteroatoms. The number of aryl methyl sites for hydroxylation is 2. The third-order valence-corrected chi connectivity index (χ3v) is 4.83. The van der Waals surface area contributed by atoms with Gasteiger partial charge < -0.3 is 10.3 Å². The summed E-state index contributed by atoms with van der Waals surface area (Å²) in [6.07, 6.45) is 5.85. The number of anilines is 1. The van der Waals surface area contributed by atoms with Gasteiger partial charge in [0.15, 0.2) is 5.76 Å². The summed E-state index contributed by atoms with van der Waals surface area (Å²) in [7, 11) is 0. The van der Waals surface area contributed by atoms with Gasteiger partial charge in [0, 0.05) is 25.1 Å². The zero-order valence-electron chi connectivity index (χ0n) is 14.0. The highest BCUT2D eigenvalue weighted by molar-refractivity contribution is 7.05. The van der Waals surface area contributed by atoms with Crippen LogP contribution in [0.2, 0.25) is 0 Å². The largest absolute Gasteiger partial charge is 0.383 e. The van der Waals surface area contributed by atoms with Gasteiger partial charge in [0.1, 0.15) is 17.2 Å². The van der Waals surface area contributed by atoms with Gasteiger partial charge in [-0.1, -0.05) is 29.4 Å². The summed E-state index contributed by atoms with van der Waals surface area (Å²) in [6.45, 7) is 0. The van der Waals surface area contributed by atoms with E-state index in [0.29, 0.717) is 18.0 Å². The molecule has 0 saturated carbocycles. The minimum absolute atomic E-state index is 0.440. The maximum absolute atomic E-state index is 5.89. The Morgan fingerprint density at radius 2 is 1.85 bits per heavy atom. The minimum atomic E-state index is 0.440. The van der Waals surface area contributed by atoms with Crippen molar-refractivity contribution in [2.45, 2.75) is 19.3 Å². The lowest BCUT2D eigenvalue weighted by Gasteiger charge is -2.02. The normalized spacial score (nSPS) is 10.9. The fraction of sp³-hybridized carbons (Fsp3) is 0.158. The van der Waals surface area contributed by atoms with Gasteiger partial charge in [-0.15, -0.1) is 0 Å².